The zero-order chi connectivity index (χ0) is 25.4. The molecule has 0 amide bonds. The van der Waals surface area contributed by atoms with Gasteiger partial charge < -0.3 is 4.98 Å². The Kier molecular flexibility index (Phi) is 6.33. The quantitative estimate of drug-likeness (QED) is 0.329. The predicted octanol–water partition coefficient (Wildman–Crippen LogP) is 6.50. The fourth-order valence-corrected chi connectivity index (χ4v) is 5.28. The van der Waals surface area contributed by atoms with Crippen LogP contribution in [0.3, 0.4) is 0 Å². The molecule has 0 unspecified atom stereocenters. The zero-order valence-corrected chi connectivity index (χ0v) is 20.1. The van der Waals surface area contributed by atoms with Crippen molar-refractivity contribution in [3.63, 3.8) is 0 Å². The van der Waals surface area contributed by atoms with Gasteiger partial charge in [0.25, 0.3) is 0 Å². The SMILES string of the molecule is CC(C)(C)NS(=O)(=O)c1ccccc1-c1ccc2[nH]c(/C=C/c3ccc(C(F)(F)F)cc3)nc2c1. The normalized spacial score (nSPS) is 13.1. The van der Waals surface area contributed by atoms with Crippen molar-refractivity contribution < 1.29 is 21.6 Å². The molecule has 9 heteroatoms. The lowest BCUT2D eigenvalue weighted by molar-refractivity contribution is -0.137. The molecule has 0 saturated heterocycles. The minimum Gasteiger partial charge on any atom is -0.338 e. The van der Waals surface area contributed by atoms with Crippen LogP contribution in [0.4, 0.5) is 13.2 Å². The van der Waals surface area contributed by atoms with E-state index in [1.54, 1.807) is 63.3 Å². The number of alkyl halides is 3. The summed E-state index contributed by atoms with van der Waals surface area (Å²) in [5.74, 6) is 0.521. The van der Waals surface area contributed by atoms with Gasteiger partial charge in [-0.2, -0.15) is 13.2 Å². The maximum absolute atomic E-state index is 13.0. The Morgan fingerprint density at radius 1 is 0.914 bits per heavy atom. The lowest BCUT2D eigenvalue weighted by Gasteiger charge is -2.21. The minimum atomic E-state index is -4.38. The first kappa shape index (κ1) is 24.7. The molecule has 1 heterocycles. The van der Waals surface area contributed by atoms with Gasteiger partial charge in [0.2, 0.25) is 10.0 Å². The van der Waals surface area contributed by atoms with Crippen molar-refractivity contribution in [1.82, 2.24) is 14.7 Å². The van der Waals surface area contributed by atoms with Crippen LogP contribution < -0.4 is 4.72 Å². The van der Waals surface area contributed by atoms with Gasteiger partial charge in [0.15, 0.2) is 0 Å². The summed E-state index contributed by atoms with van der Waals surface area (Å²) in [4.78, 5) is 7.86. The molecule has 0 bridgehead atoms. The molecule has 1 aromatic heterocycles. The number of aromatic amines is 1. The standard InChI is InChI=1S/C26H24F3N3O2S/c1-25(2,3)32-35(33,34)23-7-5-4-6-20(23)18-11-14-21-22(16-18)31-24(30-21)15-10-17-8-12-19(13-9-17)26(27,28)29/h4-16,32H,1-3H3,(H,30,31)/b15-10+. The summed E-state index contributed by atoms with van der Waals surface area (Å²) in [6.07, 6.45) is -1.04. The molecule has 3 aromatic carbocycles. The number of hydrogen-bond donors (Lipinski definition) is 2. The summed E-state index contributed by atoms with van der Waals surface area (Å²) in [6, 6.07) is 17.0. The van der Waals surface area contributed by atoms with Crippen molar-refractivity contribution in [3.05, 3.63) is 83.7 Å². The average molecular weight is 500 g/mol. The number of H-pyrrole nitrogens is 1. The molecule has 0 spiro atoms. The van der Waals surface area contributed by atoms with Crippen molar-refractivity contribution >= 4 is 33.2 Å². The highest BCUT2D eigenvalue weighted by molar-refractivity contribution is 7.89. The topological polar surface area (TPSA) is 74.8 Å². The zero-order valence-electron chi connectivity index (χ0n) is 19.3. The van der Waals surface area contributed by atoms with Crippen LogP contribution in [0.15, 0.2) is 71.6 Å². The van der Waals surface area contributed by atoms with Crippen LogP contribution >= 0.6 is 0 Å². The van der Waals surface area contributed by atoms with Crippen molar-refractivity contribution in [1.29, 1.82) is 0 Å². The molecule has 0 aliphatic rings. The van der Waals surface area contributed by atoms with Crippen LogP contribution in [0.25, 0.3) is 34.3 Å². The van der Waals surface area contributed by atoms with E-state index in [-0.39, 0.29) is 4.90 Å². The second-order valence-electron chi connectivity index (χ2n) is 9.16. The van der Waals surface area contributed by atoms with Crippen LogP contribution in [0.1, 0.15) is 37.7 Å². The third-order valence-electron chi connectivity index (χ3n) is 5.10. The number of halogens is 3. The summed E-state index contributed by atoms with van der Waals surface area (Å²) < 4.78 is 66.9. The molecule has 35 heavy (non-hydrogen) atoms. The summed E-state index contributed by atoms with van der Waals surface area (Å²) in [5, 5.41) is 0. The van der Waals surface area contributed by atoms with Crippen LogP contribution in [0, 0.1) is 0 Å². The monoisotopic (exact) mass is 499 g/mol. The number of sulfonamides is 1. The van der Waals surface area contributed by atoms with Gasteiger partial charge >= 0.3 is 6.18 Å². The van der Waals surface area contributed by atoms with E-state index in [0.29, 0.717) is 28.0 Å². The maximum Gasteiger partial charge on any atom is 0.416 e. The minimum absolute atomic E-state index is 0.173. The van der Waals surface area contributed by atoms with Crippen LogP contribution in [-0.4, -0.2) is 23.9 Å². The van der Waals surface area contributed by atoms with Gasteiger partial charge in [-0.05, 0) is 68.3 Å². The summed E-state index contributed by atoms with van der Waals surface area (Å²) in [6.45, 7) is 5.34. The number of hydrogen-bond acceptors (Lipinski definition) is 3. The van der Waals surface area contributed by atoms with E-state index in [0.717, 1.165) is 17.6 Å². The molecule has 0 aliphatic heterocycles. The second-order valence-corrected chi connectivity index (χ2v) is 10.8. The van der Waals surface area contributed by atoms with E-state index in [1.165, 1.54) is 12.1 Å². The smallest absolute Gasteiger partial charge is 0.338 e. The molecular formula is C26H24F3N3O2S. The number of fused-ring (bicyclic) bond motifs is 1. The summed E-state index contributed by atoms with van der Waals surface area (Å²) >= 11 is 0. The van der Waals surface area contributed by atoms with Gasteiger partial charge in [-0.15, -0.1) is 0 Å². The van der Waals surface area contributed by atoms with Crippen molar-refractivity contribution in [2.75, 3.05) is 0 Å². The van der Waals surface area contributed by atoms with Gasteiger partial charge in [0.1, 0.15) is 5.82 Å². The molecule has 0 fully saturated rings. The largest absolute Gasteiger partial charge is 0.416 e. The third-order valence-corrected chi connectivity index (χ3v) is 6.92. The van der Waals surface area contributed by atoms with E-state index in [2.05, 4.69) is 14.7 Å². The van der Waals surface area contributed by atoms with E-state index in [1.807, 2.05) is 12.1 Å². The molecule has 2 N–H and O–H groups in total. The number of nitrogens with one attached hydrogen (secondary N) is 2. The Bertz CT molecular complexity index is 1500. The lowest BCUT2D eigenvalue weighted by atomic mass is 10.1. The van der Waals surface area contributed by atoms with Crippen molar-refractivity contribution in [2.24, 2.45) is 0 Å². The Morgan fingerprint density at radius 3 is 2.26 bits per heavy atom. The first-order chi connectivity index (χ1) is 16.3. The second kappa shape index (κ2) is 8.98. The maximum atomic E-state index is 13.0. The average Bonchev–Trinajstić information content (AvgIpc) is 3.18. The molecule has 5 nitrogen and oxygen atoms in total. The Labute approximate surface area is 201 Å². The highest BCUT2D eigenvalue weighted by atomic mass is 32.2. The molecule has 0 atom stereocenters. The first-order valence-electron chi connectivity index (χ1n) is 10.8. The van der Waals surface area contributed by atoms with Gasteiger partial charge in [-0.25, -0.2) is 18.1 Å². The Balaban J connectivity index is 1.64. The number of aromatic nitrogens is 2. The number of rotatable bonds is 5. The summed E-state index contributed by atoms with van der Waals surface area (Å²) in [7, 11) is -3.76. The predicted molar refractivity (Wildman–Crippen MR) is 132 cm³/mol. The number of nitrogens with zero attached hydrogens (tertiary/aromatic N) is 1. The Hall–Kier alpha value is -3.43. The van der Waals surface area contributed by atoms with Crippen LogP contribution in [-0.2, 0) is 16.2 Å². The van der Waals surface area contributed by atoms with Gasteiger partial charge in [0, 0.05) is 11.1 Å². The van der Waals surface area contributed by atoms with Crippen LogP contribution in [0.5, 0.6) is 0 Å². The fourth-order valence-electron chi connectivity index (χ4n) is 3.63. The number of benzene rings is 3. The summed E-state index contributed by atoms with van der Waals surface area (Å²) in [5.41, 5.74) is 1.88. The van der Waals surface area contributed by atoms with Gasteiger partial charge in [-0.3, -0.25) is 0 Å². The van der Waals surface area contributed by atoms with E-state index in [4.69, 9.17) is 0 Å². The lowest BCUT2D eigenvalue weighted by Crippen LogP contribution is -2.40. The first-order valence-corrected chi connectivity index (χ1v) is 12.3. The molecule has 4 rings (SSSR count). The molecule has 182 valence electrons. The van der Waals surface area contributed by atoms with E-state index >= 15 is 0 Å². The highest BCUT2D eigenvalue weighted by Gasteiger charge is 2.29. The van der Waals surface area contributed by atoms with Crippen molar-refractivity contribution in [2.45, 2.75) is 37.4 Å². The third kappa shape index (κ3) is 5.80. The molecule has 0 aliphatic carbocycles. The van der Waals surface area contributed by atoms with Gasteiger partial charge in [-0.1, -0.05) is 42.5 Å². The Morgan fingerprint density at radius 2 is 1.60 bits per heavy atom. The molecular weight excluding hydrogens is 475 g/mol. The van der Waals surface area contributed by atoms with E-state index < -0.39 is 27.3 Å². The molecule has 0 radical (unpaired) electrons. The highest BCUT2D eigenvalue weighted by Crippen LogP contribution is 2.31. The number of imidazole rings is 1. The van der Waals surface area contributed by atoms with E-state index in [9.17, 15) is 21.6 Å². The fraction of sp³-hybridized carbons (Fsp3) is 0.192. The molecule has 0 saturated carbocycles. The molecule has 4 aromatic rings. The van der Waals surface area contributed by atoms with Crippen molar-refractivity contribution in [3.8, 4) is 11.1 Å². The van der Waals surface area contributed by atoms with Crippen LogP contribution in [0.2, 0.25) is 0 Å². The van der Waals surface area contributed by atoms with Gasteiger partial charge in [0.05, 0.1) is 21.5 Å².